The van der Waals surface area contributed by atoms with Crippen LogP contribution in [0.1, 0.15) is 20.3 Å². The van der Waals surface area contributed by atoms with Crippen LogP contribution in [0.15, 0.2) is 20.7 Å². The molecule has 0 spiro atoms. The van der Waals surface area contributed by atoms with Gasteiger partial charge in [-0.15, -0.1) is 0 Å². The van der Waals surface area contributed by atoms with Crippen LogP contribution in [0.2, 0.25) is 0 Å². The largest absolute Gasteiger partial charge is 0.330 e. The second-order valence-electron chi connectivity index (χ2n) is 5.49. The summed E-state index contributed by atoms with van der Waals surface area (Å²) in [6.07, 6.45) is 1.68. The molecule has 0 aliphatic heterocycles. The highest BCUT2D eigenvalue weighted by molar-refractivity contribution is 7.89. The zero-order valence-corrected chi connectivity index (χ0v) is 13.5. The first-order chi connectivity index (χ1) is 9.56. The molecule has 1 aromatic rings. The number of hydrogen-bond acceptors (Lipinski definition) is 5. The highest BCUT2D eigenvalue weighted by Crippen LogP contribution is 2.04. The number of nitrogens with zero attached hydrogens (tertiary/aromatic N) is 2. The fourth-order valence-electron chi connectivity index (χ4n) is 1.94. The number of aromatic nitrogens is 2. The zero-order valence-electron chi connectivity index (χ0n) is 12.7. The molecule has 0 amide bonds. The normalized spacial score (nSPS) is 13.6. The van der Waals surface area contributed by atoms with E-state index in [2.05, 4.69) is 4.72 Å². The van der Waals surface area contributed by atoms with Crippen LogP contribution in [0.25, 0.3) is 0 Å². The monoisotopic (exact) mass is 318 g/mol. The molecular weight excluding hydrogens is 296 g/mol. The number of rotatable bonds is 6. The Morgan fingerprint density at radius 3 is 2.38 bits per heavy atom. The molecule has 0 bridgehead atoms. The molecular formula is C12H22N4O4S. The first-order valence-electron chi connectivity index (χ1n) is 6.58. The third-order valence-corrected chi connectivity index (χ3v) is 4.42. The molecule has 9 heteroatoms. The van der Waals surface area contributed by atoms with E-state index >= 15 is 0 Å². The van der Waals surface area contributed by atoms with E-state index < -0.39 is 26.2 Å². The fraction of sp³-hybridized carbons (Fsp3) is 0.667. The summed E-state index contributed by atoms with van der Waals surface area (Å²) in [7, 11) is -1.40. The third kappa shape index (κ3) is 4.26. The summed E-state index contributed by atoms with van der Waals surface area (Å²) in [4.78, 5) is 23.0. The van der Waals surface area contributed by atoms with Gasteiger partial charge in [-0.3, -0.25) is 9.36 Å². The molecule has 0 saturated heterocycles. The van der Waals surface area contributed by atoms with Gasteiger partial charge in [-0.1, -0.05) is 13.8 Å². The first kappa shape index (κ1) is 17.6. The number of nitrogens with two attached hydrogens (primary N) is 1. The molecule has 120 valence electrons. The lowest BCUT2D eigenvalue weighted by atomic mass is 10.1. The predicted molar refractivity (Wildman–Crippen MR) is 79.5 cm³/mol. The molecule has 0 aromatic carbocycles. The van der Waals surface area contributed by atoms with Crippen molar-refractivity contribution >= 4 is 10.0 Å². The van der Waals surface area contributed by atoms with Gasteiger partial charge in [0.1, 0.15) is 0 Å². The van der Waals surface area contributed by atoms with E-state index in [-0.39, 0.29) is 12.6 Å². The van der Waals surface area contributed by atoms with Crippen molar-refractivity contribution in [3.8, 4) is 0 Å². The SMILES string of the molecule is CC(C)CC(N)CNS(=O)(=O)c1cn(C)c(=O)n(C)c1=O. The van der Waals surface area contributed by atoms with Gasteiger partial charge in [0.15, 0.2) is 4.90 Å². The minimum absolute atomic E-state index is 0.0342. The summed E-state index contributed by atoms with van der Waals surface area (Å²) in [6, 6.07) is -0.337. The van der Waals surface area contributed by atoms with Gasteiger partial charge < -0.3 is 10.3 Å². The fourth-order valence-corrected chi connectivity index (χ4v) is 3.20. The summed E-state index contributed by atoms with van der Waals surface area (Å²) < 4.78 is 28.4. The molecule has 1 atom stereocenters. The highest BCUT2D eigenvalue weighted by atomic mass is 32.2. The molecule has 0 radical (unpaired) electrons. The van der Waals surface area contributed by atoms with Crippen LogP contribution in [0.3, 0.4) is 0 Å². The smallest absolute Gasteiger partial charge is 0.327 e. The van der Waals surface area contributed by atoms with E-state index in [9.17, 15) is 18.0 Å². The Hall–Kier alpha value is -1.45. The number of nitrogens with one attached hydrogen (secondary N) is 1. The van der Waals surface area contributed by atoms with Gasteiger partial charge in [0.2, 0.25) is 10.0 Å². The molecule has 0 aliphatic carbocycles. The maximum absolute atomic E-state index is 12.2. The van der Waals surface area contributed by atoms with Crippen molar-refractivity contribution < 1.29 is 8.42 Å². The van der Waals surface area contributed by atoms with Crippen LogP contribution < -0.4 is 21.7 Å². The van der Waals surface area contributed by atoms with Crippen LogP contribution in [-0.2, 0) is 24.1 Å². The molecule has 0 fully saturated rings. The van der Waals surface area contributed by atoms with Gasteiger partial charge in [0, 0.05) is 32.9 Å². The summed E-state index contributed by atoms with van der Waals surface area (Å²) in [5.41, 5.74) is 4.37. The quantitative estimate of drug-likeness (QED) is 0.679. The van der Waals surface area contributed by atoms with E-state index in [0.717, 1.165) is 15.3 Å². The zero-order chi connectivity index (χ0) is 16.4. The average Bonchev–Trinajstić information content (AvgIpc) is 2.37. The van der Waals surface area contributed by atoms with Crippen LogP contribution in [0.5, 0.6) is 0 Å². The molecule has 0 saturated carbocycles. The maximum Gasteiger partial charge on any atom is 0.330 e. The lowest BCUT2D eigenvalue weighted by Crippen LogP contribution is -2.43. The van der Waals surface area contributed by atoms with Crippen LogP contribution in [0, 0.1) is 5.92 Å². The molecule has 1 unspecified atom stereocenters. The van der Waals surface area contributed by atoms with Crippen molar-refractivity contribution in [2.75, 3.05) is 6.54 Å². The van der Waals surface area contributed by atoms with Crippen molar-refractivity contribution in [3.05, 3.63) is 27.0 Å². The minimum atomic E-state index is -4.01. The van der Waals surface area contributed by atoms with Gasteiger partial charge in [-0.2, -0.15) is 0 Å². The Balaban J connectivity index is 3.05. The van der Waals surface area contributed by atoms with Crippen molar-refractivity contribution in [2.24, 2.45) is 25.7 Å². The van der Waals surface area contributed by atoms with Crippen molar-refractivity contribution in [1.82, 2.24) is 13.9 Å². The Kier molecular flexibility index (Phi) is 5.48. The Bertz CT molecular complexity index is 718. The van der Waals surface area contributed by atoms with Crippen LogP contribution in [-0.4, -0.2) is 30.1 Å². The Labute approximate surface area is 123 Å². The standard InChI is InChI=1S/C12H22N4O4S/c1-8(2)5-9(13)6-14-21(19,20)10-7-15(3)12(18)16(4)11(10)17/h7-9,14H,5-6,13H2,1-4H3. The predicted octanol–water partition coefficient (Wildman–Crippen LogP) is -1.26. The Morgan fingerprint density at radius 2 is 1.86 bits per heavy atom. The van der Waals surface area contributed by atoms with Crippen molar-refractivity contribution in [1.29, 1.82) is 0 Å². The second kappa shape index (κ2) is 6.54. The van der Waals surface area contributed by atoms with E-state index in [1.54, 1.807) is 0 Å². The summed E-state index contributed by atoms with van der Waals surface area (Å²) in [5.74, 6) is 0.343. The van der Waals surface area contributed by atoms with Gasteiger partial charge in [0.05, 0.1) is 0 Å². The molecule has 1 heterocycles. The number of sulfonamides is 1. The summed E-state index contributed by atoms with van der Waals surface area (Å²) >= 11 is 0. The number of aryl methyl sites for hydroxylation is 1. The van der Waals surface area contributed by atoms with E-state index in [0.29, 0.717) is 12.3 Å². The molecule has 0 aliphatic rings. The van der Waals surface area contributed by atoms with E-state index in [1.807, 2.05) is 13.8 Å². The van der Waals surface area contributed by atoms with Crippen LogP contribution in [0.4, 0.5) is 0 Å². The second-order valence-corrected chi connectivity index (χ2v) is 7.23. The lowest BCUT2D eigenvalue weighted by molar-refractivity contribution is 0.485. The topological polar surface area (TPSA) is 116 Å². The molecule has 8 nitrogen and oxygen atoms in total. The van der Waals surface area contributed by atoms with E-state index in [4.69, 9.17) is 5.73 Å². The van der Waals surface area contributed by atoms with E-state index in [1.165, 1.54) is 14.1 Å². The molecule has 3 N–H and O–H groups in total. The molecule has 21 heavy (non-hydrogen) atoms. The molecule has 1 aromatic heterocycles. The first-order valence-corrected chi connectivity index (χ1v) is 8.06. The third-order valence-electron chi connectivity index (χ3n) is 3.01. The maximum atomic E-state index is 12.2. The average molecular weight is 318 g/mol. The van der Waals surface area contributed by atoms with Crippen molar-refractivity contribution in [2.45, 2.75) is 31.2 Å². The Morgan fingerprint density at radius 1 is 1.29 bits per heavy atom. The van der Waals surface area contributed by atoms with Gasteiger partial charge in [-0.25, -0.2) is 17.9 Å². The van der Waals surface area contributed by atoms with Gasteiger partial charge in [-0.05, 0) is 12.3 Å². The number of hydrogen-bond donors (Lipinski definition) is 2. The summed E-state index contributed by atoms with van der Waals surface area (Å²) in [5, 5.41) is 0. The van der Waals surface area contributed by atoms with Crippen molar-refractivity contribution in [3.63, 3.8) is 0 Å². The van der Waals surface area contributed by atoms with Gasteiger partial charge in [0.25, 0.3) is 5.56 Å². The highest BCUT2D eigenvalue weighted by Gasteiger charge is 2.22. The molecule has 1 rings (SSSR count). The van der Waals surface area contributed by atoms with Crippen LogP contribution >= 0.6 is 0 Å². The summed E-state index contributed by atoms with van der Waals surface area (Å²) in [6.45, 7) is 4.00. The minimum Gasteiger partial charge on any atom is -0.327 e. The van der Waals surface area contributed by atoms with Gasteiger partial charge >= 0.3 is 5.69 Å². The lowest BCUT2D eigenvalue weighted by Gasteiger charge is -2.15.